The van der Waals surface area contributed by atoms with E-state index in [4.69, 9.17) is 0 Å². The lowest BCUT2D eigenvalue weighted by molar-refractivity contribution is 0.621. The molecule has 0 aromatic carbocycles. The van der Waals surface area contributed by atoms with Crippen molar-refractivity contribution in [1.82, 2.24) is 39.1 Å². The number of hydrogen-bond acceptors (Lipinski definition) is 6. The van der Waals surface area contributed by atoms with Crippen LogP contribution in [0.15, 0.2) is 24.8 Å². The minimum atomic E-state index is 0.562. The molecule has 0 N–H and O–H groups in total. The molecule has 124 valence electrons. The first-order valence-corrected chi connectivity index (χ1v) is 8.62. The third-order valence-corrected chi connectivity index (χ3v) is 4.57. The van der Waals surface area contributed by atoms with Crippen LogP contribution in [0, 0.1) is 5.92 Å². The van der Waals surface area contributed by atoms with Crippen LogP contribution in [-0.2, 0) is 20.0 Å². The van der Waals surface area contributed by atoms with E-state index in [0.717, 1.165) is 33.6 Å². The Kier molecular flexibility index (Phi) is 3.64. The molecule has 0 atom stereocenters. The fourth-order valence-corrected chi connectivity index (χ4v) is 3.51. The van der Waals surface area contributed by atoms with Gasteiger partial charge in [0.05, 0.1) is 18.6 Å². The van der Waals surface area contributed by atoms with E-state index in [-0.39, 0.29) is 0 Å². The SMILES string of the molecule is CC(C)Cc1cc(-c2nnc3sc(Cn4ccnc4)nn23)n(C)n1. The minimum absolute atomic E-state index is 0.562. The zero-order valence-corrected chi connectivity index (χ0v) is 14.6. The molecule has 8 nitrogen and oxygen atoms in total. The Morgan fingerprint density at radius 3 is 2.83 bits per heavy atom. The molecule has 0 aliphatic carbocycles. The molecule has 0 saturated heterocycles. The molecule has 0 aliphatic rings. The lowest BCUT2D eigenvalue weighted by atomic mass is 10.1. The van der Waals surface area contributed by atoms with Crippen molar-refractivity contribution >= 4 is 16.3 Å². The number of nitrogens with zero attached hydrogens (tertiary/aromatic N) is 8. The fraction of sp³-hybridized carbons (Fsp3) is 0.400. The van der Waals surface area contributed by atoms with E-state index in [0.29, 0.717) is 12.5 Å². The lowest BCUT2D eigenvalue weighted by Gasteiger charge is -1.98. The van der Waals surface area contributed by atoms with Gasteiger partial charge in [0.25, 0.3) is 0 Å². The van der Waals surface area contributed by atoms with Crippen LogP contribution in [0.2, 0.25) is 0 Å². The maximum atomic E-state index is 4.66. The van der Waals surface area contributed by atoms with E-state index in [1.54, 1.807) is 17.0 Å². The van der Waals surface area contributed by atoms with Crippen molar-refractivity contribution in [3.05, 3.63) is 35.5 Å². The van der Waals surface area contributed by atoms with E-state index >= 15 is 0 Å². The van der Waals surface area contributed by atoms with Crippen LogP contribution in [0.25, 0.3) is 16.5 Å². The lowest BCUT2D eigenvalue weighted by Crippen LogP contribution is -2.01. The summed E-state index contributed by atoms with van der Waals surface area (Å²) in [5, 5.41) is 18.8. The van der Waals surface area contributed by atoms with Crippen LogP contribution in [-0.4, -0.2) is 39.1 Å². The number of hydrogen-bond donors (Lipinski definition) is 0. The Balaban J connectivity index is 1.69. The third kappa shape index (κ3) is 2.71. The molecule has 0 radical (unpaired) electrons. The molecule has 0 fully saturated rings. The Labute approximate surface area is 142 Å². The van der Waals surface area contributed by atoms with Gasteiger partial charge in [0, 0.05) is 19.4 Å². The highest BCUT2D eigenvalue weighted by atomic mass is 32.1. The predicted octanol–water partition coefficient (Wildman–Crippen LogP) is 2.03. The Bertz CT molecular complexity index is 959. The van der Waals surface area contributed by atoms with Crippen LogP contribution in [0.5, 0.6) is 0 Å². The Morgan fingerprint density at radius 2 is 2.08 bits per heavy atom. The second-order valence-corrected chi connectivity index (χ2v) is 7.23. The number of rotatable bonds is 5. The number of aromatic nitrogens is 8. The first-order chi connectivity index (χ1) is 11.6. The summed E-state index contributed by atoms with van der Waals surface area (Å²) >= 11 is 1.53. The highest BCUT2D eigenvalue weighted by Gasteiger charge is 2.18. The summed E-state index contributed by atoms with van der Waals surface area (Å²) in [6.07, 6.45) is 6.40. The summed E-state index contributed by atoms with van der Waals surface area (Å²) in [5.74, 6) is 1.29. The third-order valence-electron chi connectivity index (χ3n) is 3.69. The maximum absolute atomic E-state index is 4.66. The first kappa shape index (κ1) is 15.0. The number of fused-ring (bicyclic) bond motifs is 1. The van der Waals surface area contributed by atoms with Gasteiger partial charge in [-0.2, -0.15) is 14.7 Å². The molecule has 0 unspecified atom stereocenters. The van der Waals surface area contributed by atoms with Gasteiger partial charge in [-0.25, -0.2) is 4.98 Å². The summed E-state index contributed by atoms with van der Waals surface area (Å²) in [5.41, 5.74) is 1.99. The maximum Gasteiger partial charge on any atom is 0.235 e. The Morgan fingerprint density at radius 1 is 1.21 bits per heavy atom. The summed E-state index contributed by atoms with van der Waals surface area (Å²) in [4.78, 5) is 4.84. The second-order valence-electron chi connectivity index (χ2n) is 6.19. The van der Waals surface area contributed by atoms with E-state index in [2.05, 4.69) is 45.3 Å². The molecule has 24 heavy (non-hydrogen) atoms. The van der Waals surface area contributed by atoms with Crippen molar-refractivity contribution in [2.24, 2.45) is 13.0 Å². The van der Waals surface area contributed by atoms with Crippen molar-refractivity contribution in [3.63, 3.8) is 0 Å². The van der Waals surface area contributed by atoms with Gasteiger partial charge >= 0.3 is 0 Å². The quantitative estimate of drug-likeness (QED) is 0.554. The molecule has 4 rings (SSSR count). The van der Waals surface area contributed by atoms with E-state index in [9.17, 15) is 0 Å². The number of imidazole rings is 1. The summed E-state index contributed by atoms with van der Waals surface area (Å²) in [6.45, 7) is 5.05. The van der Waals surface area contributed by atoms with E-state index in [1.807, 2.05) is 22.5 Å². The average Bonchev–Trinajstić information content (AvgIpc) is 3.24. The zero-order chi connectivity index (χ0) is 16.7. The molecule has 4 aromatic heterocycles. The van der Waals surface area contributed by atoms with Crippen LogP contribution >= 0.6 is 11.3 Å². The molecule has 0 aliphatic heterocycles. The molecule has 0 bridgehead atoms. The van der Waals surface area contributed by atoms with Crippen molar-refractivity contribution in [1.29, 1.82) is 0 Å². The fourth-order valence-electron chi connectivity index (χ4n) is 2.67. The van der Waals surface area contributed by atoms with Gasteiger partial charge in [-0.1, -0.05) is 25.2 Å². The van der Waals surface area contributed by atoms with Crippen LogP contribution in [0.4, 0.5) is 0 Å². The average molecular weight is 342 g/mol. The molecule has 0 amide bonds. The molecular formula is C15H18N8S. The normalized spacial score (nSPS) is 11.8. The van der Waals surface area contributed by atoms with Gasteiger partial charge < -0.3 is 4.57 Å². The zero-order valence-electron chi connectivity index (χ0n) is 13.8. The standard InChI is InChI=1S/C15H18N8S/c1-10(2)6-11-7-12(21(3)19-11)14-17-18-15-23(14)20-13(24-15)8-22-5-4-16-9-22/h4-5,7,9-10H,6,8H2,1-3H3. The largest absolute Gasteiger partial charge is 0.331 e. The highest BCUT2D eigenvalue weighted by Crippen LogP contribution is 2.23. The van der Waals surface area contributed by atoms with Gasteiger partial charge in [-0.3, -0.25) is 4.68 Å². The first-order valence-electron chi connectivity index (χ1n) is 7.80. The van der Waals surface area contributed by atoms with Crippen molar-refractivity contribution in [2.75, 3.05) is 0 Å². The predicted molar refractivity (Wildman–Crippen MR) is 90.7 cm³/mol. The Hall–Kier alpha value is -2.55. The van der Waals surface area contributed by atoms with Crippen molar-refractivity contribution < 1.29 is 0 Å². The van der Waals surface area contributed by atoms with Crippen molar-refractivity contribution in [3.8, 4) is 11.5 Å². The summed E-state index contributed by atoms with van der Waals surface area (Å²) < 4.78 is 5.63. The number of aryl methyl sites for hydroxylation is 1. The molecule has 9 heteroatoms. The minimum Gasteiger partial charge on any atom is -0.331 e. The second kappa shape index (κ2) is 5.82. The molecule has 0 spiro atoms. The van der Waals surface area contributed by atoms with Gasteiger partial charge in [-0.05, 0) is 18.4 Å². The van der Waals surface area contributed by atoms with E-state index in [1.165, 1.54) is 11.3 Å². The molecule has 4 aromatic rings. The summed E-state index contributed by atoms with van der Waals surface area (Å²) in [6, 6.07) is 2.07. The van der Waals surface area contributed by atoms with Crippen LogP contribution in [0.3, 0.4) is 0 Å². The monoisotopic (exact) mass is 342 g/mol. The highest BCUT2D eigenvalue weighted by molar-refractivity contribution is 7.16. The van der Waals surface area contributed by atoms with Crippen molar-refractivity contribution in [2.45, 2.75) is 26.8 Å². The van der Waals surface area contributed by atoms with Gasteiger partial charge in [0.15, 0.2) is 0 Å². The molecule has 0 saturated carbocycles. The van der Waals surface area contributed by atoms with Crippen LogP contribution in [0.1, 0.15) is 24.5 Å². The summed E-state index contributed by atoms with van der Waals surface area (Å²) in [7, 11) is 1.93. The molecule has 4 heterocycles. The van der Waals surface area contributed by atoms with Gasteiger partial charge in [0.2, 0.25) is 10.8 Å². The van der Waals surface area contributed by atoms with Crippen LogP contribution < -0.4 is 0 Å². The van der Waals surface area contributed by atoms with Gasteiger partial charge in [0.1, 0.15) is 10.7 Å². The molecular weight excluding hydrogens is 324 g/mol. The topological polar surface area (TPSA) is 78.7 Å². The van der Waals surface area contributed by atoms with Gasteiger partial charge in [-0.15, -0.1) is 10.2 Å². The van der Waals surface area contributed by atoms with E-state index < -0.39 is 0 Å². The smallest absolute Gasteiger partial charge is 0.235 e.